The van der Waals surface area contributed by atoms with Gasteiger partial charge in [0, 0.05) is 25.2 Å². The molecule has 0 radical (unpaired) electrons. The molecular weight excluding hydrogens is 346 g/mol. The number of carbonyl (C=O) groups excluding carboxylic acids is 1. The monoisotopic (exact) mass is 361 g/mol. The summed E-state index contributed by atoms with van der Waals surface area (Å²) in [5.41, 5.74) is 1.28. The Morgan fingerprint density at radius 3 is 2.37 bits per heavy atom. The smallest absolute Gasteiger partial charge is 0.332 e. The maximum atomic E-state index is 13.2. The second-order valence-electron chi connectivity index (χ2n) is 6.82. The molecule has 5 rings (SSSR count). The minimum atomic E-state index is -0.647. The van der Waals surface area contributed by atoms with Crippen LogP contribution in [0.2, 0.25) is 0 Å². The Kier molecular flexibility index (Phi) is 3.07. The predicted molar refractivity (Wildman–Crippen MR) is 97.9 cm³/mol. The van der Waals surface area contributed by atoms with E-state index >= 15 is 0 Å². The van der Waals surface area contributed by atoms with Crippen molar-refractivity contribution in [1.29, 1.82) is 0 Å². The van der Waals surface area contributed by atoms with E-state index in [9.17, 15) is 14.4 Å². The Morgan fingerprint density at radius 2 is 1.67 bits per heavy atom. The van der Waals surface area contributed by atoms with Crippen molar-refractivity contribution in [2.24, 2.45) is 25.0 Å². The van der Waals surface area contributed by atoms with Crippen LogP contribution in [0.3, 0.4) is 0 Å². The molecule has 0 bridgehead atoms. The van der Waals surface area contributed by atoms with Crippen molar-refractivity contribution in [1.82, 2.24) is 9.13 Å². The first kappa shape index (κ1) is 15.7. The molecule has 27 heavy (non-hydrogen) atoms. The van der Waals surface area contributed by atoms with Crippen molar-refractivity contribution in [2.45, 2.75) is 5.92 Å². The highest BCUT2D eigenvalue weighted by molar-refractivity contribution is 6.30. The van der Waals surface area contributed by atoms with Gasteiger partial charge in [-0.3, -0.25) is 18.7 Å². The Balaban J connectivity index is 1.93. The number of Topliss-reactive ketones (excluding diaryl/α,β-unsaturated/α-hetero) is 1. The number of aromatic nitrogens is 2. The second-order valence-corrected chi connectivity index (χ2v) is 6.82. The predicted octanol–water partition coefficient (Wildman–Crippen LogP) is 1.76. The molecular formula is C20H15N3O4. The van der Waals surface area contributed by atoms with Crippen molar-refractivity contribution in [3.05, 3.63) is 86.0 Å². The van der Waals surface area contributed by atoms with Gasteiger partial charge in [0.2, 0.25) is 0 Å². The minimum absolute atomic E-state index is 0.0905. The van der Waals surface area contributed by atoms with Gasteiger partial charge in [0.1, 0.15) is 11.6 Å². The van der Waals surface area contributed by atoms with Crippen LogP contribution in [0.4, 0.5) is 5.82 Å². The third-order valence-electron chi connectivity index (χ3n) is 5.43. The van der Waals surface area contributed by atoms with Gasteiger partial charge in [-0.05, 0) is 12.1 Å². The van der Waals surface area contributed by atoms with E-state index in [-0.39, 0.29) is 11.6 Å². The second kappa shape index (κ2) is 5.26. The molecule has 0 saturated heterocycles. The minimum Gasteiger partial charge on any atom is -0.469 e. The topological polar surface area (TPSA) is 86.6 Å². The molecule has 1 aliphatic carbocycles. The fourth-order valence-corrected chi connectivity index (χ4v) is 4.14. The summed E-state index contributed by atoms with van der Waals surface area (Å²) in [4.78, 5) is 43.2. The fourth-order valence-electron chi connectivity index (χ4n) is 4.14. The molecule has 0 N–H and O–H groups in total. The number of rotatable bonds is 1. The highest BCUT2D eigenvalue weighted by Crippen LogP contribution is 2.46. The van der Waals surface area contributed by atoms with Crippen LogP contribution in [0, 0.1) is 5.92 Å². The quantitative estimate of drug-likeness (QED) is 0.661. The molecule has 7 nitrogen and oxygen atoms in total. The summed E-state index contributed by atoms with van der Waals surface area (Å²) in [6, 6.07) is 10.7. The summed E-state index contributed by atoms with van der Waals surface area (Å²) in [6.45, 7) is 0. The van der Waals surface area contributed by atoms with Gasteiger partial charge in [0.25, 0.3) is 5.56 Å². The Morgan fingerprint density at radius 1 is 0.926 bits per heavy atom. The van der Waals surface area contributed by atoms with Gasteiger partial charge in [-0.1, -0.05) is 24.3 Å². The molecule has 0 amide bonds. The van der Waals surface area contributed by atoms with Crippen molar-refractivity contribution in [2.75, 3.05) is 0 Å². The molecule has 1 aliphatic heterocycles. The first-order valence-electron chi connectivity index (χ1n) is 8.56. The molecule has 1 aromatic carbocycles. The molecule has 2 atom stereocenters. The number of ketones is 1. The zero-order valence-corrected chi connectivity index (χ0v) is 14.7. The van der Waals surface area contributed by atoms with E-state index in [1.807, 2.05) is 12.1 Å². The van der Waals surface area contributed by atoms with Crippen molar-refractivity contribution >= 4 is 17.3 Å². The number of hydrogen-bond acceptors (Lipinski definition) is 5. The number of carbonyl (C=O) groups is 1. The zero-order chi connectivity index (χ0) is 18.9. The summed E-state index contributed by atoms with van der Waals surface area (Å²) >= 11 is 0. The largest absolute Gasteiger partial charge is 0.469 e. The molecule has 134 valence electrons. The highest BCUT2D eigenvalue weighted by Gasteiger charge is 2.48. The normalized spacial score (nSPS) is 20.1. The number of nitrogens with zero attached hydrogens (tertiary/aromatic N) is 3. The first-order chi connectivity index (χ1) is 13.0. The molecule has 0 unspecified atom stereocenters. The molecule has 3 heterocycles. The summed E-state index contributed by atoms with van der Waals surface area (Å²) in [6.07, 6.45) is 1.51. The third kappa shape index (κ3) is 1.91. The summed E-state index contributed by atoms with van der Waals surface area (Å²) in [7, 11) is 3.00. The molecule has 0 spiro atoms. The van der Waals surface area contributed by atoms with Crippen molar-refractivity contribution in [3.63, 3.8) is 0 Å². The van der Waals surface area contributed by atoms with E-state index < -0.39 is 23.1 Å². The third-order valence-corrected chi connectivity index (χ3v) is 5.43. The summed E-state index contributed by atoms with van der Waals surface area (Å²) < 4.78 is 8.00. The van der Waals surface area contributed by atoms with Crippen LogP contribution in [0.5, 0.6) is 0 Å². The van der Waals surface area contributed by atoms with Crippen molar-refractivity contribution in [3.8, 4) is 0 Å². The van der Waals surface area contributed by atoms with Gasteiger partial charge in [-0.25, -0.2) is 9.79 Å². The van der Waals surface area contributed by atoms with Gasteiger partial charge in [0.05, 0.1) is 29.4 Å². The van der Waals surface area contributed by atoms with Crippen LogP contribution in [0.1, 0.15) is 33.2 Å². The lowest BCUT2D eigenvalue weighted by molar-refractivity contribution is 0.0949. The lowest BCUT2D eigenvalue weighted by Crippen LogP contribution is -2.43. The molecule has 0 fully saturated rings. The van der Waals surface area contributed by atoms with E-state index in [4.69, 9.17) is 4.42 Å². The van der Waals surface area contributed by atoms with Gasteiger partial charge in [-0.15, -0.1) is 0 Å². The molecule has 2 aromatic heterocycles. The number of aliphatic imine (C=N–C) groups is 1. The molecule has 0 saturated carbocycles. The Hall–Kier alpha value is -3.48. The van der Waals surface area contributed by atoms with E-state index in [0.29, 0.717) is 22.6 Å². The average Bonchev–Trinajstić information content (AvgIpc) is 3.31. The molecule has 7 heteroatoms. The summed E-state index contributed by atoms with van der Waals surface area (Å²) in [5, 5.41) is 0. The lowest BCUT2D eigenvalue weighted by Gasteiger charge is -2.28. The van der Waals surface area contributed by atoms with Gasteiger partial charge in [0.15, 0.2) is 5.78 Å². The van der Waals surface area contributed by atoms with Gasteiger partial charge >= 0.3 is 5.69 Å². The zero-order valence-electron chi connectivity index (χ0n) is 14.7. The maximum Gasteiger partial charge on any atom is 0.332 e. The van der Waals surface area contributed by atoms with Crippen molar-refractivity contribution < 1.29 is 9.21 Å². The van der Waals surface area contributed by atoms with E-state index in [2.05, 4.69) is 4.99 Å². The standard InChI is InChI=1S/C20H15N3O4/c1-22-18-15(19(25)23(2)20(22)26)13(12-8-5-9-27-12)14-16(21-18)10-6-3-4-7-11(10)17(14)24/h3-9,13-14H,1-2H3/t13-,14+/m0/s1. The van der Waals surface area contributed by atoms with Crippen LogP contribution < -0.4 is 11.2 Å². The molecule has 2 aliphatic rings. The van der Waals surface area contributed by atoms with Gasteiger partial charge < -0.3 is 4.42 Å². The Labute approximate surface area is 153 Å². The SMILES string of the molecule is Cn1c2c(c(=O)n(C)c1=O)[C@@H](c1ccco1)[C@H]1C(=O)c3ccccc3C1=N2. The maximum absolute atomic E-state index is 13.2. The lowest BCUT2D eigenvalue weighted by atomic mass is 9.79. The van der Waals surface area contributed by atoms with Crippen LogP contribution in [0.25, 0.3) is 0 Å². The Bertz CT molecular complexity index is 1260. The van der Waals surface area contributed by atoms with E-state index in [1.54, 1.807) is 31.3 Å². The first-order valence-corrected chi connectivity index (χ1v) is 8.56. The van der Waals surface area contributed by atoms with Gasteiger partial charge in [-0.2, -0.15) is 0 Å². The average molecular weight is 361 g/mol. The summed E-state index contributed by atoms with van der Waals surface area (Å²) in [5.74, 6) is -0.586. The van der Waals surface area contributed by atoms with Crippen LogP contribution in [-0.4, -0.2) is 20.6 Å². The number of hydrogen-bond donors (Lipinski definition) is 0. The number of furan rings is 1. The van der Waals surface area contributed by atoms with E-state index in [1.165, 1.54) is 17.9 Å². The highest BCUT2D eigenvalue weighted by atomic mass is 16.3. The van der Waals surface area contributed by atoms with Crippen LogP contribution >= 0.6 is 0 Å². The number of fused-ring (bicyclic) bond motifs is 4. The fraction of sp³-hybridized carbons (Fsp3) is 0.200. The number of benzene rings is 1. The van der Waals surface area contributed by atoms with E-state index in [0.717, 1.165) is 10.1 Å². The molecule has 3 aromatic rings. The van der Waals surface area contributed by atoms with Crippen LogP contribution in [0.15, 0.2) is 61.7 Å². The van der Waals surface area contributed by atoms with Crippen LogP contribution in [-0.2, 0) is 14.1 Å².